The summed E-state index contributed by atoms with van der Waals surface area (Å²) in [5.74, 6) is -0.388. The number of aryl methyl sites for hydroxylation is 1. The molecule has 0 fully saturated rings. The molecular weight excluding hydrogens is 470 g/mol. The molecule has 2 aromatic carbocycles. The number of nitrogens with zero attached hydrogens (tertiary/aromatic N) is 1. The quantitative estimate of drug-likeness (QED) is 0.311. The second-order valence-corrected chi connectivity index (χ2v) is 7.90. The Kier molecular flexibility index (Phi) is 9.02. The summed E-state index contributed by atoms with van der Waals surface area (Å²) in [6.07, 6.45) is 2.21. The van der Waals surface area contributed by atoms with Crippen molar-refractivity contribution < 1.29 is 19.1 Å². The first-order valence-corrected chi connectivity index (χ1v) is 11.3. The van der Waals surface area contributed by atoms with E-state index in [1.807, 2.05) is 12.1 Å². The molecule has 0 spiro atoms. The molecule has 35 heavy (non-hydrogen) atoms. The van der Waals surface area contributed by atoms with Gasteiger partial charge >= 0.3 is 12.0 Å². The monoisotopic (exact) mass is 495 g/mol. The van der Waals surface area contributed by atoms with Crippen LogP contribution in [-0.4, -0.2) is 36.5 Å². The Labute approximate surface area is 208 Å². The summed E-state index contributed by atoms with van der Waals surface area (Å²) in [6, 6.07) is 15.4. The van der Waals surface area contributed by atoms with E-state index in [4.69, 9.17) is 11.6 Å². The summed E-state index contributed by atoms with van der Waals surface area (Å²) in [4.78, 5) is 40.5. The number of hydrogen-bond donors (Lipinski definition) is 4. The second-order valence-electron chi connectivity index (χ2n) is 7.46. The predicted molar refractivity (Wildman–Crippen MR) is 136 cm³/mol. The van der Waals surface area contributed by atoms with E-state index in [9.17, 15) is 14.4 Å². The van der Waals surface area contributed by atoms with E-state index in [-0.39, 0.29) is 29.7 Å². The van der Waals surface area contributed by atoms with Gasteiger partial charge in [-0.3, -0.25) is 14.9 Å². The lowest BCUT2D eigenvalue weighted by atomic mass is 10.1. The van der Waals surface area contributed by atoms with Crippen LogP contribution in [0.4, 0.5) is 27.7 Å². The fourth-order valence-corrected chi connectivity index (χ4v) is 3.25. The number of nitrogens with one attached hydrogen (secondary N) is 4. The van der Waals surface area contributed by atoms with Gasteiger partial charge in [0.05, 0.1) is 18.4 Å². The highest BCUT2D eigenvalue weighted by atomic mass is 35.5. The Morgan fingerprint density at radius 2 is 1.66 bits per heavy atom. The zero-order valence-corrected chi connectivity index (χ0v) is 20.1. The van der Waals surface area contributed by atoms with Crippen LogP contribution in [0.25, 0.3) is 0 Å². The van der Waals surface area contributed by atoms with Gasteiger partial charge in [-0.15, -0.1) is 0 Å². The number of carbonyl (C=O) groups excluding carboxylic acids is 3. The van der Waals surface area contributed by atoms with Crippen LogP contribution in [0.3, 0.4) is 0 Å². The highest BCUT2D eigenvalue weighted by Gasteiger charge is 2.15. The van der Waals surface area contributed by atoms with Gasteiger partial charge in [-0.25, -0.2) is 9.78 Å². The number of amides is 3. The molecule has 9 nitrogen and oxygen atoms in total. The van der Waals surface area contributed by atoms with E-state index in [1.165, 1.54) is 13.3 Å². The normalized spacial score (nSPS) is 10.3. The van der Waals surface area contributed by atoms with E-state index >= 15 is 0 Å². The van der Waals surface area contributed by atoms with Crippen LogP contribution in [0, 0.1) is 0 Å². The molecule has 0 bridgehead atoms. The number of halogens is 1. The third-order valence-corrected chi connectivity index (χ3v) is 5.16. The van der Waals surface area contributed by atoms with Crippen LogP contribution >= 0.6 is 11.6 Å². The fourth-order valence-electron chi connectivity index (χ4n) is 3.12. The molecule has 3 aromatic rings. The number of anilines is 4. The Hall–Kier alpha value is -4.11. The zero-order valence-electron chi connectivity index (χ0n) is 19.4. The molecular formula is C25H26ClN5O4. The number of benzene rings is 2. The molecule has 0 aliphatic heterocycles. The van der Waals surface area contributed by atoms with E-state index in [2.05, 4.69) is 31.0 Å². The molecule has 3 amide bonds. The van der Waals surface area contributed by atoms with Gasteiger partial charge in [0.1, 0.15) is 5.82 Å². The van der Waals surface area contributed by atoms with E-state index in [1.54, 1.807) is 49.4 Å². The minimum Gasteiger partial charge on any atom is -0.469 e. The first-order chi connectivity index (χ1) is 16.9. The van der Waals surface area contributed by atoms with E-state index in [0.29, 0.717) is 35.1 Å². The molecule has 0 saturated carbocycles. The maximum absolute atomic E-state index is 13.1. The second kappa shape index (κ2) is 12.4. The van der Waals surface area contributed by atoms with Gasteiger partial charge in [0.15, 0.2) is 0 Å². The third-order valence-electron chi connectivity index (χ3n) is 4.91. The minimum atomic E-state index is -0.401. The van der Waals surface area contributed by atoms with Gasteiger partial charge in [-0.05, 0) is 55.3 Å². The molecule has 0 aliphatic rings. The lowest BCUT2D eigenvalue weighted by Crippen LogP contribution is -2.28. The smallest absolute Gasteiger partial charge is 0.320 e. The Bertz CT molecular complexity index is 1180. The molecule has 0 aliphatic carbocycles. The zero-order chi connectivity index (χ0) is 25.2. The van der Waals surface area contributed by atoms with Crippen molar-refractivity contribution in [3.8, 4) is 0 Å². The third kappa shape index (κ3) is 7.72. The van der Waals surface area contributed by atoms with Crippen LogP contribution in [0.5, 0.6) is 0 Å². The SMILES string of the molecule is CCNC(=O)Nc1cc(Nc2ccc(Cl)cc2)c(C(=O)Nc2ccc(CCC(=O)OC)cc2)cn1. The number of aromatic nitrogens is 1. The Morgan fingerprint density at radius 1 is 0.971 bits per heavy atom. The lowest BCUT2D eigenvalue weighted by Gasteiger charge is -2.14. The molecule has 0 unspecified atom stereocenters. The highest BCUT2D eigenvalue weighted by molar-refractivity contribution is 6.30. The molecule has 0 atom stereocenters. The van der Waals surface area contributed by atoms with Gasteiger partial charge in [0.2, 0.25) is 0 Å². The summed E-state index contributed by atoms with van der Waals surface area (Å²) >= 11 is 5.97. The summed E-state index contributed by atoms with van der Waals surface area (Å²) in [5, 5.41) is 11.9. The minimum absolute atomic E-state index is 0.274. The van der Waals surface area contributed by atoms with Crippen LogP contribution in [-0.2, 0) is 16.0 Å². The summed E-state index contributed by atoms with van der Waals surface area (Å²) in [5.41, 5.74) is 2.95. The van der Waals surface area contributed by atoms with Crippen molar-refractivity contribution in [3.05, 3.63) is 76.9 Å². The predicted octanol–water partition coefficient (Wildman–Crippen LogP) is 4.98. The summed E-state index contributed by atoms with van der Waals surface area (Å²) in [6.45, 7) is 2.27. The highest BCUT2D eigenvalue weighted by Crippen LogP contribution is 2.25. The van der Waals surface area contributed by atoms with Crippen LogP contribution in [0.15, 0.2) is 60.8 Å². The van der Waals surface area contributed by atoms with Gasteiger partial charge < -0.3 is 20.7 Å². The maximum atomic E-state index is 13.1. The van der Waals surface area contributed by atoms with Crippen LogP contribution in [0.2, 0.25) is 5.02 Å². The van der Waals surface area contributed by atoms with Gasteiger partial charge in [-0.1, -0.05) is 23.7 Å². The first-order valence-electron chi connectivity index (χ1n) is 10.9. The van der Waals surface area contributed by atoms with Crippen LogP contribution in [0.1, 0.15) is 29.3 Å². The molecule has 1 aromatic heterocycles. The van der Waals surface area contributed by atoms with Crippen molar-refractivity contribution in [3.63, 3.8) is 0 Å². The number of rotatable bonds is 9. The lowest BCUT2D eigenvalue weighted by molar-refractivity contribution is -0.140. The molecule has 1 heterocycles. The van der Waals surface area contributed by atoms with Gasteiger partial charge in [-0.2, -0.15) is 0 Å². The van der Waals surface area contributed by atoms with Gasteiger partial charge in [0.25, 0.3) is 5.91 Å². The molecule has 182 valence electrons. The van der Waals surface area contributed by atoms with Crippen molar-refractivity contribution in [1.82, 2.24) is 10.3 Å². The Morgan fingerprint density at radius 3 is 2.31 bits per heavy atom. The van der Waals surface area contributed by atoms with Crippen molar-refractivity contribution in [2.24, 2.45) is 0 Å². The summed E-state index contributed by atoms with van der Waals surface area (Å²) in [7, 11) is 1.36. The average Bonchev–Trinajstić information content (AvgIpc) is 2.85. The number of hydrogen-bond acceptors (Lipinski definition) is 6. The molecule has 10 heteroatoms. The van der Waals surface area contributed by atoms with Gasteiger partial charge in [0, 0.05) is 41.6 Å². The van der Waals surface area contributed by atoms with Crippen molar-refractivity contribution in [1.29, 1.82) is 0 Å². The molecule has 0 saturated heterocycles. The summed E-state index contributed by atoms with van der Waals surface area (Å²) < 4.78 is 4.66. The van der Waals surface area contributed by atoms with E-state index < -0.39 is 6.03 Å². The number of methoxy groups -OCH3 is 1. The number of pyridine rings is 1. The molecule has 0 radical (unpaired) electrons. The number of carbonyl (C=O) groups is 3. The van der Waals surface area contributed by atoms with Crippen molar-refractivity contribution >= 4 is 52.4 Å². The number of urea groups is 1. The van der Waals surface area contributed by atoms with E-state index in [0.717, 1.165) is 5.56 Å². The standard InChI is InChI=1S/C25H26ClN5O4/c1-3-27-25(34)31-22-14-21(29-18-11-7-17(26)8-12-18)20(15-28-22)24(33)30-19-9-4-16(5-10-19)6-13-23(32)35-2/h4-5,7-12,14-15H,3,6,13H2,1-2H3,(H,30,33)(H3,27,28,29,31,34). The average molecular weight is 496 g/mol. The first kappa shape index (κ1) is 25.5. The van der Waals surface area contributed by atoms with Crippen molar-refractivity contribution in [2.45, 2.75) is 19.8 Å². The maximum Gasteiger partial charge on any atom is 0.320 e. The largest absolute Gasteiger partial charge is 0.469 e. The Balaban J connectivity index is 1.79. The van der Waals surface area contributed by atoms with Crippen LogP contribution < -0.4 is 21.3 Å². The molecule has 3 rings (SSSR count). The fraction of sp³-hybridized carbons (Fsp3) is 0.200. The topological polar surface area (TPSA) is 121 Å². The number of esters is 1. The molecule has 4 N–H and O–H groups in total. The van der Waals surface area contributed by atoms with Crippen molar-refractivity contribution in [2.75, 3.05) is 29.6 Å². The number of ether oxygens (including phenoxy) is 1.